The Morgan fingerprint density at radius 2 is 1.88 bits per heavy atom. The highest BCUT2D eigenvalue weighted by Crippen LogP contribution is 2.32. The normalized spacial score (nSPS) is 19.3. The maximum Gasteiger partial charge on any atom is 0.0340 e. The third-order valence-electron chi connectivity index (χ3n) is 3.86. The van der Waals surface area contributed by atoms with E-state index in [1.165, 1.54) is 38.0 Å². The monoisotopic (exact) mass is 218 g/mol. The van der Waals surface area contributed by atoms with Crippen LogP contribution in [0.15, 0.2) is 30.3 Å². The third kappa shape index (κ3) is 2.76. The van der Waals surface area contributed by atoms with Gasteiger partial charge >= 0.3 is 0 Å². The molecule has 1 heterocycles. The van der Waals surface area contributed by atoms with Crippen LogP contribution in [-0.4, -0.2) is 19.6 Å². The number of anilines is 1. The van der Waals surface area contributed by atoms with Crippen molar-refractivity contribution in [3.8, 4) is 0 Å². The minimum Gasteiger partial charge on any atom is -0.384 e. The van der Waals surface area contributed by atoms with Crippen LogP contribution in [0.25, 0.3) is 0 Å². The molecule has 1 fully saturated rings. The van der Waals surface area contributed by atoms with Crippen molar-refractivity contribution in [2.75, 3.05) is 25.0 Å². The van der Waals surface area contributed by atoms with E-state index >= 15 is 0 Å². The molecule has 16 heavy (non-hydrogen) atoms. The first kappa shape index (κ1) is 11.5. The summed E-state index contributed by atoms with van der Waals surface area (Å²) in [6, 6.07) is 10.5. The summed E-state index contributed by atoms with van der Waals surface area (Å²) in [6.45, 7) is 5.77. The average Bonchev–Trinajstić information content (AvgIpc) is 2.39. The fourth-order valence-corrected chi connectivity index (χ4v) is 2.46. The molecular formula is C14H22N2. The van der Waals surface area contributed by atoms with Gasteiger partial charge in [-0.25, -0.2) is 0 Å². The Hall–Kier alpha value is -1.02. The molecule has 2 nitrogen and oxygen atoms in total. The van der Waals surface area contributed by atoms with Crippen molar-refractivity contribution in [2.24, 2.45) is 5.41 Å². The van der Waals surface area contributed by atoms with E-state index in [1.54, 1.807) is 0 Å². The summed E-state index contributed by atoms with van der Waals surface area (Å²) in [4.78, 5) is 0. The third-order valence-corrected chi connectivity index (χ3v) is 3.86. The van der Waals surface area contributed by atoms with Gasteiger partial charge in [-0.05, 0) is 49.9 Å². The van der Waals surface area contributed by atoms with Gasteiger partial charge in [-0.15, -0.1) is 0 Å². The lowest BCUT2D eigenvalue weighted by Crippen LogP contribution is -2.40. The van der Waals surface area contributed by atoms with Crippen molar-refractivity contribution < 1.29 is 0 Å². The molecule has 0 saturated carbocycles. The van der Waals surface area contributed by atoms with Crippen molar-refractivity contribution in [3.05, 3.63) is 30.3 Å². The molecule has 1 aliphatic rings. The van der Waals surface area contributed by atoms with Crippen molar-refractivity contribution >= 4 is 5.69 Å². The quantitative estimate of drug-likeness (QED) is 0.812. The first-order valence-corrected chi connectivity index (χ1v) is 6.34. The van der Waals surface area contributed by atoms with E-state index in [-0.39, 0.29) is 0 Å². The molecule has 1 aromatic rings. The summed E-state index contributed by atoms with van der Waals surface area (Å²) in [5.41, 5.74) is 1.75. The first-order valence-electron chi connectivity index (χ1n) is 6.34. The van der Waals surface area contributed by atoms with Gasteiger partial charge in [0.15, 0.2) is 0 Å². The predicted molar refractivity (Wildman–Crippen MR) is 69.8 cm³/mol. The Labute approximate surface area is 98.4 Å². The van der Waals surface area contributed by atoms with E-state index in [4.69, 9.17) is 0 Å². The first-order chi connectivity index (χ1) is 7.85. The fourth-order valence-electron chi connectivity index (χ4n) is 2.46. The molecule has 2 rings (SSSR count). The summed E-state index contributed by atoms with van der Waals surface area (Å²) < 4.78 is 0. The molecule has 2 heteroatoms. The van der Waals surface area contributed by atoms with Gasteiger partial charge in [0, 0.05) is 12.2 Å². The van der Waals surface area contributed by atoms with Crippen LogP contribution >= 0.6 is 0 Å². The van der Waals surface area contributed by atoms with Gasteiger partial charge in [0.2, 0.25) is 0 Å². The van der Waals surface area contributed by atoms with Crippen LogP contribution in [0.5, 0.6) is 0 Å². The minimum atomic E-state index is 0.501. The molecule has 0 atom stereocenters. The SMILES string of the molecule is CCC1(CNc2ccccc2)CCNCC1. The Bertz CT molecular complexity index is 302. The second-order valence-electron chi connectivity index (χ2n) is 4.82. The van der Waals surface area contributed by atoms with Crippen LogP contribution in [0, 0.1) is 5.41 Å². The van der Waals surface area contributed by atoms with E-state index < -0.39 is 0 Å². The van der Waals surface area contributed by atoms with Gasteiger partial charge in [0.1, 0.15) is 0 Å². The van der Waals surface area contributed by atoms with Crippen LogP contribution in [0.1, 0.15) is 26.2 Å². The molecule has 0 radical (unpaired) electrons. The molecule has 88 valence electrons. The van der Waals surface area contributed by atoms with Crippen molar-refractivity contribution in [2.45, 2.75) is 26.2 Å². The average molecular weight is 218 g/mol. The van der Waals surface area contributed by atoms with Crippen LogP contribution in [0.3, 0.4) is 0 Å². The lowest BCUT2D eigenvalue weighted by Gasteiger charge is -2.37. The topological polar surface area (TPSA) is 24.1 Å². The molecule has 1 aromatic carbocycles. The number of piperidine rings is 1. The zero-order chi connectivity index (χ0) is 11.3. The maximum absolute atomic E-state index is 3.58. The molecule has 0 aromatic heterocycles. The second-order valence-corrected chi connectivity index (χ2v) is 4.82. The molecule has 0 amide bonds. The van der Waals surface area contributed by atoms with Crippen LogP contribution in [0.4, 0.5) is 5.69 Å². The molecule has 1 aliphatic heterocycles. The largest absolute Gasteiger partial charge is 0.384 e. The van der Waals surface area contributed by atoms with E-state index in [0.29, 0.717) is 5.41 Å². The summed E-state index contributed by atoms with van der Waals surface area (Å²) in [5, 5.41) is 7.02. The van der Waals surface area contributed by atoms with Gasteiger partial charge in [-0.1, -0.05) is 25.1 Å². The Balaban J connectivity index is 1.92. The highest BCUT2D eigenvalue weighted by Gasteiger charge is 2.29. The summed E-state index contributed by atoms with van der Waals surface area (Å²) in [5.74, 6) is 0. The Morgan fingerprint density at radius 1 is 1.19 bits per heavy atom. The number of para-hydroxylation sites is 1. The Kier molecular flexibility index (Phi) is 3.83. The molecule has 2 N–H and O–H groups in total. The zero-order valence-electron chi connectivity index (χ0n) is 10.1. The number of rotatable bonds is 4. The number of benzene rings is 1. The van der Waals surface area contributed by atoms with Crippen LogP contribution in [0.2, 0.25) is 0 Å². The van der Waals surface area contributed by atoms with E-state index in [2.05, 4.69) is 47.9 Å². The highest BCUT2D eigenvalue weighted by atomic mass is 14.9. The van der Waals surface area contributed by atoms with Gasteiger partial charge in [0.05, 0.1) is 0 Å². The van der Waals surface area contributed by atoms with Gasteiger partial charge < -0.3 is 10.6 Å². The number of hydrogen-bond donors (Lipinski definition) is 2. The van der Waals surface area contributed by atoms with Gasteiger partial charge in [-0.3, -0.25) is 0 Å². The molecule has 0 unspecified atom stereocenters. The molecule has 1 saturated heterocycles. The van der Waals surface area contributed by atoms with Crippen LogP contribution < -0.4 is 10.6 Å². The van der Waals surface area contributed by atoms with Crippen molar-refractivity contribution in [1.82, 2.24) is 5.32 Å². The Morgan fingerprint density at radius 3 is 2.50 bits per heavy atom. The molecule has 0 aliphatic carbocycles. The predicted octanol–water partition coefficient (Wildman–Crippen LogP) is 2.88. The smallest absolute Gasteiger partial charge is 0.0340 e. The second kappa shape index (κ2) is 5.35. The maximum atomic E-state index is 3.58. The number of hydrogen-bond acceptors (Lipinski definition) is 2. The van der Waals surface area contributed by atoms with Gasteiger partial charge in [0.25, 0.3) is 0 Å². The van der Waals surface area contributed by atoms with E-state index in [0.717, 1.165) is 6.54 Å². The lowest BCUT2D eigenvalue weighted by molar-refractivity contribution is 0.210. The molecular weight excluding hydrogens is 196 g/mol. The highest BCUT2D eigenvalue weighted by molar-refractivity contribution is 5.42. The summed E-state index contributed by atoms with van der Waals surface area (Å²) in [6.07, 6.45) is 3.86. The lowest BCUT2D eigenvalue weighted by atomic mass is 9.76. The zero-order valence-corrected chi connectivity index (χ0v) is 10.1. The van der Waals surface area contributed by atoms with Crippen molar-refractivity contribution in [3.63, 3.8) is 0 Å². The molecule has 0 bridgehead atoms. The molecule has 0 spiro atoms. The van der Waals surface area contributed by atoms with E-state index in [1.807, 2.05) is 0 Å². The summed E-state index contributed by atoms with van der Waals surface area (Å²) in [7, 11) is 0. The fraction of sp³-hybridized carbons (Fsp3) is 0.571. The number of nitrogens with one attached hydrogen (secondary N) is 2. The minimum absolute atomic E-state index is 0.501. The van der Waals surface area contributed by atoms with Gasteiger partial charge in [-0.2, -0.15) is 0 Å². The standard InChI is InChI=1S/C14H22N2/c1-2-14(8-10-15-11-9-14)12-16-13-6-4-3-5-7-13/h3-7,15-16H,2,8-12H2,1H3. The van der Waals surface area contributed by atoms with Crippen molar-refractivity contribution in [1.29, 1.82) is 0 Å². The van der Waals surface area contributed by atoms with E-state index in [9.17, 15) is 0 Å². The van der Waals surface area contributed by atoms with Crippen LogP contribution in [-0.2, 0) is 0 Å². The summed E-state index contributed by atoms with van der Waals surface area (Å²) >= 11 is 0.